The molecule has 0 saturated heterocycles. The largest absolute Gasteiger partial charge is 0.352 e. The van der Waals surface area contributed by atoms with Gasteiger partial charge in [0.25, 0.3) is 0 Å². The second kappa shape index (κ2) is 7.78. The maximum atomic E-state index is 4.77. The molecule has 4 nitrogen and oxygen atoms in total. The Kier molecular flexibility index (Phi) is 5.05. The monoisotopic (exact) mass is 358 g/mol. The van der Waals surface area contributed by atoms with Crippen LogP contribution in [0.25, 0.3) is 0 Å². The zero-order valence-corrected chi connectivity index (χ0v) is 16.1. The third-order valence-electron chi connectivity index (χ3n) is 5.12. The molecule has 0 bridgehead atoms. The summed E-state index contributed by atoms with van der Waals surface area (Å²) < 4.78 is 0. The van der Waals surface area contributed by atoms with Gasteiger partial charge in [0.2, 0.25) is 0 Å². The quantitative estimate of drug-likeness (QED) is 0.650. The van der Waals surface area contributed by atoms with Gasteiger partial charge in [0.15, 0.2) is 0 Å². The molecule has 138 valence electrons. The lowest BCUT2D eigenvalue weighted by Gasteiger charge is -2.31. The van der Waals surface area contributed by atoms with E-state index in [-0.39, 0.29) is 0 Å². The van der Waals surface area contributed by atoms with Crippen molar-refractivity contribution in [2.24, 2.45) is 0 Å². The van der Waals surface area contributed by atoms with Gasteiger partial charge in [0, 0.05) is 31.4 Å². The fraction of sp³-hybridized carbons (Fsp3) is 0.304. The second-order valence-corrected chi connectivity index (χ2v) is 7.02. The average molecular weight is 358 g/mol. The van der Waals surface area contributed by atoms with E-state index in [1.54, 1.807) is 0 Å². The van der Waals surface area contributed by atoms with Crippen molar-refractivity contribution >= 4 is 17.3 Å². The van der Waals surface area contributed by atoms with Crippen LogP contribution in [0.1, 0.15) is 30.3 Å². The first-order valence-electron chi connectivity index (χ1n) is 9.74. The van der Waals surface area contributed by atoms with Crippen LogP contribution in [0, 0.1) is 6.92 Å². The van der Waals surface area contributed by atoms with E-state index in [2.05, 4.69) is 77.4 Å². The first-order chi connectivity index (χ1) is 13.2. The van der Waals surface area contributed by atoms with E-state index >= 15 is 0 Å². The van der Waals surface area contributed by atoms with Crippen LogP contribution < -0.4 is 9.80 Å². The molecule has 3 aromatic rings. The molecule has 4 rings (SSSR count). The summed E-state index contributed by atoms with van der Waals surface area (Å²) in [6.07, 6.45) is 2.29. The zero-order valence-electron chi connectivity index (χ0n) is 16.1. The normalized spacial score (nSPS) is 13.3. The molecule has 0 spiro atoms. The molecule has 2 heterocycles. The number of benzene rings is 2. The smallest absolute Gasteiger partial charge is 0.138 e. The summed E-state index contributed by atoms with van der Waals surface area (Å²) in [4.78, 5) is 14.2. The lowest BCUT2D eigenvalue weighted by atomic mass is 10.0. The van der Waals surface area contributed by atoms with Gasteiger partial charge in [-0.2, -0.15) is 0 Å². The predicted molar refractivity (Wildman–Crippen MR) is 112 cm³/mol. The molecular weight excluding hydrogens is 332 g/mol. The zero-order chi connectivity index (χ0) is 18.6. The van der Waals surface area contributed by atoms with Crippen LogP contribution in [0.4, 0.5) is 17.3 Å². The Hall–Kier alpha value is -2.88. The van der Waals surface area contributed by atoms with Gasteiger partial charge in [0.1, 0.15) is 17.5 Å². The Morgan fingerprint density at radius 3 is 2.59 bits per heavy atom. The summed E-state index contributed by atoms with van der Waals surface area (Å²) in [5.41, 5.74) is 3.97. The maximum Gasteiger partial charge on any atom is 0.138 e. The SMILES string of the molecule is CCN(Cc1ccccc1)c1cc(N2CCCc3ccccc32)nc(C)n1. The molecule has 0 unspecified atom stereocenters. The summed E-state index contributed by atoms with van der Waals surface area (Å²) >= 11 is 0. The van der Waals surface area contributed by atoms with Crippen LogP contribution in [0.5, 0.6) is 0 Å². The van der Waals surface area contributed by atoms with Gasteiger partial charge in [-0.25, -0.2) is 9.97 Å². The Bertz CT molecular complexity index is 907. The predicted octanol–water partition coefficient (Wildman–Crippen LogP) is 4.90. The van der Waals surface area contributed by atoms with E-state index in [1.165, 1.54) is 16.8 Å². The van der Waals surface area contributed by atoms with Crippen LogP contribution in [-0.4, -0.2) is 23.1 Å². The van der Waals surface area contributed by atoms with Crippen LogP contribution in [0.3, 0.4) is 0 Å². The highest BCUT2D eigenvalue weighted by molar-refractivity contribution is 5.67. The molecule has 0 N–H and O–H groups in total. The molecular formula is C23H26N4. The fourth-order valence-electron chi connectivity index (χ4n) is 3.77. The number of aryl methyl sites for hydroxylation is 2. The van der Waals surface area contributed by atoms with Crippen LogP contribution in [0.2, 0.25) is 0 Å². The Morgan fingerprint density at radius 2 is 1.78 bits per heavy atom. The highest BCUT2D eigenvalue weighted by Gasteiger charge is 2.20. The van der Waals surface area contributed by atoms with Crippen LogP contribution >= 0.6 is 0 Å². The summed E-state index contributed by atoms with van der Waals surface area (Å²) in [6, 6.07) is 21.4. The van der Waals surface area contributed by atoms with E-state index in [0.717, 1.165) is 49.9 Å². The molecule has 1 aliphatic heterocycles. The highest BCUT2D eigenvalue weighted by Crippen LogP contribution is 2.33. The molecule has 0 aliphatic carbocycles. The molecule has 0 saturated carbocycles. The first-order valence-corrected chi connectivity index (χ1v) is 9.74. The van der Waals surface area contributed by atoms with Crippen molar-refractivity contribution in [1.29, 1.82) is 0 Å². The number of nitrogens with zero attached hydrogens (tertiary/aromatic N) is 4. The lowest BCUT2D eigenvalue weighted by molar-refractivity contribution is 0.752. The number of aromatic nitrogens is 2. The van der Waals surface area contributed by atoms with Crippen molar-refractivity contribution in [2.75, 3.05) is 22.9 Å². The Balaban J connectivity index is 1.67. The maximum absolute atomic E-state index is 4.77. The molecule has 0 amide bonds. The summed E-state index contributed by atoms with van der Waals surface area (Å²) in [5, 5.41) is 0. The molecule has 2 aromatic carbocycles. The third-order valence-corrected chi connectivity index (χ3v) is 5.12. The van der Waals surface area contributed by atoms with Crippen molar-refractivity contribution in [3.05, 3.63) is 77.6 Å². The minimum Gasteiger partial charge on any atom is -0.352 e. The number of fused-ring (bicyclic) bond motifs is 1. The van der Waals surface area contributed by atoms with Crippen molar-refractivity contribution in [1.82, 2.24) is 9.97 Å². The Morgan fingerprint density at radius 1 is 1.00 bits per heavy atom. The van der Waals surface area contributed by atoms with Gasteiger partial charge >= 0.3 is 0 Å². The van der Waals surface area contributed by atoms with Gasteiger partial charge in [0.05, 0.1) is 0 Å². The third kappa shape index (κ3) is 3.80. The van der Waals surface area contributed by atoms with Crippen LogP contribution in [-0.2, 0) is 13.0 Å². The molecule has 0 atom stereocenters. The number of anilines is 3. The summed E-state index contributed by atoms with van der Waals surface area (Å²) in [5.74, 6) is 2.81. The van der Waals surface area contributed by atoms with Gasteiger partial charge in [-0.1, -0.05) is 48.5 Å². The van der Waals surface area contributed by atoms with Crippen molar-refractivity contribution in [2.45, 2.75) is 33.2 Å². The topological polar surface area (TPSA) is 32.3 Å². The molecule has 4 heteroatoms. The lowest BCUT2D eigenvalue weighted by Crippen LogP contribution is -2.27. The number of para-hydroxylation sites is 1. The van der Waals surface area contributed by atoms with Gasteiger partial charge in [-0.3, -0.25) is 0 Å². The number of hydrogen-bond acceptors (Lipinski definition) is 4. The van der Waals surface area contributed by atoms with Crippen LogP contribution in [0.15, 0.2) is 60.7 Å². The van der Waals surface area contributed by atoms with Gasteiger partial charge in [-0.05, 0) is 43.9 Å². The summed E-state index contributed by atoms with van der Waals surface area (Å²) in [6.45, 7) is 6.92. The number of hydrogen-bond donors (Lipinski definition) is 0. The van der Waals surface area contributed by atoms with E-state index in [1.807, 2.05) is 6.92 Å². The highest BCUT2D eigenvalue weighted by atomic mass is 15.2. The molecule has 0 fully saturated rings. The average Bonchev–Trinajstić information content (AvgIpc) is 2.72. The minimum absolute atomic E-state index is 0.817. The summed E-state index contributed by atoms with van der Waals surface area (Å²) in [7, 11) is 0. The van der Waals surface area contributed by atoms with E-state index in [0.29, 0.717) is 0 Å². The number of rotatable bonds is 5. The van der Waals surface area contributed by atoms with E-state index < -0.39 is 0 Å². The molecule has 0 radical (unpaired) electrons. The molecule has 27 heavy (non-hydrogen) atoms. The van der Waals surface area contributed by atoms with E-state index in [9.17, 15) is 0 Å². The fourth-order valence-corrected chi connectivity index (χ4v) is 3.77. The first kappa shape index (κ1) is 17.5. The second-order valence-electron chi connectivity index (χ2n) is 7.02. The molecule has 1 aromatic heterocycles. The standard InChI is InChI=1S/C23H26N4/c1-3-26(17-19-10-5-4-6-11-19)22-16-23(25-18(2)24-22)27-15-9-13-20-12-7-8-14-21(20)27/h4-8,10-12,14,16H,3,9,13,15,17H2,1-2H3. The minimum atomic E-state index is 0.817. The van der Waals surface area contributed by atoms with Crippen molar-refractivity contribution < 1.29 is 0 Å². The van der Waals surface area contributed by atoms with Gasteiger partial charge in [-0.15, -0.1) is 0 Å². The van der Waals surface area contributed by atoms with Gasteiger partial charge < -0.3 is 9.80 Å². The molecule has 1 aliphatic rings. The van der Waals surface area contributed by atoms with E-state index in [4.69, 9.17) is 9.97 Å². The van der Waals surface area contributed by atoms with Crippen molar-refractivity contribution in [3.8, 4) is 0 Å². The van der Waals surface area contributed by atoms with Crippen molar-refractivity contribution in [3.63, 3.8) is 0 Å². The Labute approximate surface area is 161 Å².